The average molecular weight is 396 g/mol. The number of nitro benzene ring substituents is 1. The topological polar surface area (TPSA) is 78.8 Å². The lowest BCUT2D eigenvalue weighted by Crippen LogP contribution is -2.47. The molecule has 2 aromatic rings. The zero-order valence-corrected chi connectivity index (χ0v) is 16.6. The van der Waals surface area contributed by atoms with Gasteiger partial charge in [-0.15, -0.1) is 0 Å². The van der Waals surface area contributed by atoms with E-state index in [9.17, 15) is 15.2 Å². The molecule has 7 heteroatoms. The highest BCUT2D eigenvalue weighted by molar-refractivity contribution is 5.97. The van der Waals surface area contributed by atoms with E-state index in [4.69, 9.17) is 4.74 Å². The summed E-state index contributed by atoms with van der Waals surface area (Å²) in [4.78, 5) is 12.6. The van der Waals surface area contributed by atoms with Crippen LogP contribution in [0, 0.1) is 10.1 Å². The fraction of sp³-hybridized carbons (Fsp3) is 0.409. The number of amidine groups is 1. The highest BCUT2D eigenvalue weighted by atomic mass is 16.6. The molecule has 2 aromatic carbocycles. The number of rotatable bonds is 5. The zero-order valence-electron chi connectivity index (χ0n) is 16.6. The first kappa shape index (κ1) is 19.4. The van der Waals surface area contributed by atoms with E-state index in [1.54, 1.807) is 12.1 Å². The Balaban J connectivity index is 1.76. The molecule has 2 aliphatic heterocycles. The molecule has 2 heterocycles. The first-order chi connectivity index (χ1) is 14.0. The van der Waals surface area contributed by atoms with Crippen molar-refractivity contribution in [3.63, 3.8) is 0 Å². The summed E-state index contributed by atoms with van der Waals surface area (Å²) in [7, 11) is 0. The summed E-state index contributed by atoms with van der Waals surface area (Å²) in [5.74, 6) is 1.89. The molecule has 4 rings (SSSR count). The normalized spacial score (nSPS) is 21.7. The van der Waals surface area contributed by atoms with Crippen molar-refractivity contribution in [2.45, 2.75) is 38.3 Å². The van der Waals surface area contributed by atoms with E-state index in [1.165, 1.54) is 18.6 Å². The van der Waals surface area contributed by atoms with Gasteiger partial charge in [-0.05, 0) is 62.6 Å². The monoisotopic (exact) mass is 396 g/mol. The maximum atomic E-state index is 11.9. The lowest BCUT2D eigenvalue weighted by atomic mass is 9.99. The SMILES string of the molecule is CCOc1ccc(N2C3=[N+](CCCCC3)C[C@]2(O)c2ccc([N+](=O)[O-])cc2)cc1. The van der Waals surface area contributed by atoms with Crippen molar-refractivity contribution in [3.8, 4) is 5.75 Å². The third kappa shape index (κ3) is 3.58. The number of nitro groups is 1. The van der Waals surface area contributed by atoms with Gasteiger partial charge in [0.05, 0.1) is 18.1 Å². The summed E-state index contributed by atoms with van der Waals surface area (Å²) in [6.07, 6.45) is 4.24. The lowest BCUT2D eigenvalue weighted by molar-refractivity contribution is -0.534. The summed E-state index contributed by atoms with van der Waals surface area (Å²) in [6, 6.07) is 14.0. The van der Waals surface area contributed by atoms with Gasteiger partial charge in [0.15, 0.2) is 6.54 Å². The molecular formula is C22H26N3O4+. The van der Waals surface area contributed by atoms with Gasteiger partial charge in [-0.1, -0.05) is 0 Å². The first-order valence-electron chi connectivity index (χ1n) is 10.1. The van der Waals surface area contributed by atoms with Crippen LogP contribution >= 0.6 is 0 Å². The van der Waals surface area contributed by atoms with Gasteiger partial charge in [0, 0.05) is 24.1 Å². The van der Waals surface area contributed by atoms with Crippen molar-refractivity contribution >= 4 is 17.2 Å². The summed E-state index contributed by atoms with van der Waals surface area (Å²) in [5, 5.41) is 22.9. The molecule has 1 atom stereocenters. The van der Waals surface area contributed by atoms with Gasteiger partial charge in [-0.25, -0.2) is 0 Å². The molecule has 152 valence electrons. The van der Waals surface area contributed by atoms with Crippen molar-refractivity contribution in [1.29, 1.82) is 0 Å². The Bertz CT molecular complexity index is 924. The van der Waals surface area contributed by atoms with Crippen molar-refractivity contribution in [3.05, 3.63) is 64.2 Å². The van der Waals surface area contributed by atoms with E-state index in [-0.39, 0.29) is 5.69 Å². The number of ether oxygens (including phenoxy) is 1. The van der Waals surface area contributed by atoms with Gasteiger partial charge >= 0.3 is 0 Å². The van der Waals surface area contributed by atoms with Crippen LogP contribution in [0.3, 0.4) is 0 Å². The van der Waals surface area contributed by atoms with Crippen LogP contribution in [0.2, 0.25) is 0 Å². The molecule has 1 N–H and O–H groups in total. The number of aliphatic hydroxyl groups is 1. The number of hydrogen-bond acceptors (Lipinski definition) is 5. The average Bonchev–Trinajstić information content (AvgIpc) is 2.85. The second-order valence-electron chi connectivity index (χ2n) is 7.53. The number of benzene rings is 2. The van der Waals surface area contributed by atoms with Crippen LogP contribution in [0.25, 0.3) is 0 Å². The van der Waals surface area contributed by atoms with Crippen LogP contribution < -0.4 is 9.64 Å². The molecule has 0 bridgehead atoms. The maximum Gasteiger partial charge on any atom is 0.275 e. The van der Waals surface area contributed by atoms with Gasteiger partial charge in [-0.2, -0.15) is 4.90 Å². The molecule has 0 aliphatic carbocycles. The number of nitrogens with zero attached hydrogens (tertiary/aromatic N) is 3. The fourth-order valence-electron chi connectivity index (χ4n) is 4.31. The Kier molecular flexibility index (Phi) is 5.24. The molecule has 2 aliphatic rings. The highest BCUT2D eigenvalue weighted by Crippen LogP contribution is 2.38. The van der Waals surface area contributed by atoms with Crippen molar-refractivity contribution in [1.82, 2.24) is 0 Å². The smallest absolute Gasteiger partial charge is 0.275 e. The van der Waals surface area contributed by atoms with Crippen LogP contribution in [0.1, 0.15) is 38.2 Å². The summed E-state index contributed by atoms with van der Waals surface area (Å²) in [6.45, 7) is 3.88. The molecule has 0 aromatic heterocycles. The molecule has 0 spiro atoms. The maximum absolute atomic E-state index is 11.9. The highest BCUT2D eigenvalue weighted by Gasteiger charge is 2.54. The minimum atomic E-state index is -1.28. The molecular weight excluding hydrogens is 370 g/mol. The Morgan fingerprint density at radius 1 is 1.14 bits per heavy atom. The third-order valence-electron chi connectivity index (χ3n) is 5.68. The molecule has 0 fully saturated rings. The Hall–Kier alpha value is -2.93. The van der Waals surface area contributed by atoms with Crippen molar-refractivity contribution in [2.75, 3.05) is 24.6 Å². The van der Waals surface area contributed by atoms with Gasteiger partial charge < -0.3 is 9.84 Å². The van der Waals surface area contributed by atoms with E-state index >= 15 is 0 Å². The molecule has 0 saturated carbocycles. The molecule has 0 unspecified atom stereocenters. The Morgan fingerprint density at radius 3 is 2.52 bits per heavy atom. The summed E-state index contributed by atoms with van der Waals surface area (Å²) >= 11 is 0. The van der Waals surface area contributed by atoms with E-state index in [2.05, 4.69) is 4.58 Å². The Labute approximate surface area is 170 Å². The van der Waals surface area contributed by atoms with Crippen LogP contribution in [-0.2, 0) is 5.72 Å². The van der Waals surface area contributed by atoms with Crippen LogP contribution in [0.4, 0.5) is 11.4 Å². The minimum Gasteiger partial charge on any atom is -0.494 e. The molecule has 0 saturated heterocycles. The molecule has 0 radical (unpaired) electrons. The summed E-state index contributed by atoms with van der Waals surface area (Å²) in [5.41, 5.74) is 0.269. The van der Waals surface area contributed by atoms with E-state index in [0.29, 0.717) is 18.7 Å². The Morgan fingerprint density at radius 2 is 1.86 bits per heavy atom. The van der Waals surface area contributed by atoms with Crippen LogP contribution in [0.5, 0.6) is 5.75 Å². The second-order valence-corrected chi connectivity index (χ2v) is 7.53. The fourth-order valence-corrected chi connectivity index (χ4v) is 4.31. The number of hydrogen-bond donors (Lipinski definition) is 1. The van der Waals surface area contributed by atoms with Gasteiger partial charge in [-0.3, -0.25) is 14.7 Å². The zero-order chi connectivity index (χ0) is 20.4. The third-order valence-corrected chi connectivity index (χ3v) is 5.68. The van der Waals surface area contributed by atoms with Crippen LogP contribution in [-0.4, -0.2) is 40.1 Å². The van der Waals surface area contributed by atoms with Crippen LogP contribution in [0.15, 0.2) is 48.5 Å². The number of anilines is 1. The van der Waals surface area contributed by atoms with Gasteiger partial charge in [0.1, 0.15) is 11.4 Å². The minimum absolute atomic E-state index is 0.0186. The molecule has 0 amide bonds. The lowest BCUT2D eigenvalue weighted by Gasteiger charge is -2.29. The second kappa shape index (κ2) is 7.83. The number of non-ortho nitro benzene ring substituents is 1. The van der Waals surface area contributed by atoms with Crippen molar-refractivity contribution < 1.29 is 19.3 Å². The predicted molar refractivity (Wildman–Crippen MR) is 111 cm³/mol. The largest absolute Gasteiger partial charge is 0.494 e. The molecule has 7 nitrogen and oxygen atoms in total. The van der Waals surface area contributed by atoms with Gasteiger partial charge in [0.2, 0.25) is 0 Å². The van der Waals surface area contributed by atoms with Gasteiger partial charge in [0.25, 0.3) is 17.2 Å². The van der Waals surface area contributed by atoms with E-state index < -0.39 is 10.6 Å². The standard InChI is InChI=1S/C22H26N3O4/c1-2-29-20-13-11-18(12-14-20)24-21-6-4-3-5-15-23(21)16-22(24,26)17-7-9-19(10-8-17)25(27)28/h7-14,26H,2-6,15-16H2,1H3/q+1/t22-/m0/s1. The van der Waals surface area contributed by atoms with E-state index in [0.717, 1.165) is 43.1 Å². The predicted octanol–water partition coefficient (Wildman–Crippen LogP) is 3.64. The quantitative estimate of drug-likeness (QED) is 0.474. The molecule has 29 heavy (non-hydrogen) atoms. The summed E-state index contributed by atoms with van der Waals surface area (Å²) < 4.78 is 7.82. The first-order valence-corrected chi connectivity index (χ1v) is 10.1. The van der Waals surface area contributed by atoms with E-state index in [1.807, 2.05) is 36.1 Å². The van der Waals surface area contributed by atoms with Crippen molar-refractivity contribution in [2.24, 2.45) is 0 Å².